The summed E-state index contributed by atoms with van der Waals surface area (Å²) in [6, 6.07) is 6.59. The first-order chi connectivity index (χ1) is 9.76. The zero-order valence-electron chi connectivity index (χ0n) is 11.7. The van der Waals surface area contributed by atoms with E-state index in [0.29, 0.717) is 18.8 Å². The summed E-state index contributed by atoms with van der Waals surface area (Å²) in [7, 11) is 0. The van der Waals surface area contributed by atoms with Crippen LogP contribution in [-0.2, 0) is 0 Å². The number of nitrogens with two attached hydrogens (primary N) is 1. The van der Waals surface area contributed by atoms with E-state index < -0.39 is 5.60 Å². The van der Waals surface area contributed by atoms with Crippen LogP contribution in [0.25, 0.3) is 0 Å². The van der Waals surface area contributed by atoms with E-state index in [-0.39, 0.29) is 0 Å². The highest BCUT2D eigenvalue weighted by Crippen LogP contribution is 2.44. The molecule has 4 nitrogen and oxygen atoms in total. The van der Waals surface area contributed by atoms with E-state index in [2.05, 4.69) is 17.4 Å². The maximum absolute atomic E-state index is 10.9. The van der Waals surface area contributed by atoms with Gasteiger partial charge in [0.05, 0.1) is 12.1 Å². The van der Waals surface area contributed by atoms with Crippen molar-refractivity contribution >= 4 is 0 Å². The number of hydrogen-bond donors (Lipinski definition) is 2. The molecule has 1 saturated carbocycles. The van der Waals surface area contributed by atoms with Crippen LogP contribution in [0.4, 0.5) is 0 Å². The molecule has 3 atom stereocenters. The lowest BCUT2D eigenvalue weighted by molar-refractivity contribution is -0.719. The van der Waals surface area contributed by atoms with Gasteiger partial charge in [-0.3, -0.25) is 0 Å². The summed E-state index contributed by atoms with van der Waals surface area (Å²) < 4.78 is 10.9. The summed E-state index contributed by atoms with van der Waals surface area (Å²) in [6.45, 7) is 1.33. The van der Waals surface area contributed by atoms with Crippen LogP contribution in [0.5, 0.6) is 11.5 Å². The molecule has 3 N–H and O–H groups in total. The molecule has 2 fully saturated rings. The first-order valence-corrected chi connectivity index (χ1v) is 7.71. The second-order valence-corrected chi connectivity index (χ2v) is 6.37. The van der Waals surface area contributed by atoms with Crippen LogP contribution in [-0.4, -0.2) is 24.0 Å². The topological polar surface area (TPSA) is 55.3 Å². The number of ether oxygens (including phenoxy) is 2. The quantitative estimate of drug-likeness (QED) is 0.814. The first kappa shape index (κ1) is 12.5. The van der Waals surface area contributed by atoms with Gasteiger partial charge in [0.2, 0.25) is 6.79 Å². The number of piperidine rings is 1. The van der Waals surface area contributed by atoms with Gasteiger partial charge in [-0.2, -0.15) is 0 Å². The molecule has 1 aromatic carbocycles. The van der Waals surface area contributed by atoms with Crippen molar-refractivity contribution in [1.29, 1.82) is 0 Å². The van der Waals surface area contributed by atoms with Gasteiger partial charge < -0.3 is 19.9 Å². The van der Waals surface area contributed by atoms with Crippen LogP contribution in [0.15, 0.2) is 18.2 Å². The molecule has 0 radical (unpaired) electrons. The van der Waals surface area contributed by atoms with Crippen molar-refractivity contribution in [1.82, 2.24) is 0 Å². The molecule has 1 aliphatic carbocycles. The number of rotatable bonds is 1. The van der Waals surface area contributed by atoms with E-state index in [9.17, 15) is 5.11 Å². The Bertz CT molecular complexity index is 514. The summed E-state index contributed by atoms with van der Waals surface area (Å²) in [5.41, 5.74) is 0.813. The Morgan fingerprint density at radius 3 is 3.00 bits per heavy atom. The molecule has 0 aromatic heterocycles. The van der Waals surface area contributed by atoms with Crippen molar-refractivity contribution in [2.75, 3.05) is 13.3 Å². The van der Waals surface area contributed by atoms with Crippen LogP contribution >= 0.6 is 0 Å². The highest BCUT2D eigenvalue weighted by molar-refractivity contribution is 5.45. The zero-order chi connectivity index (χ0) is 13.6. The summed E-state index contributed by atoms with van der Waals surface area (Å²) in [5, 5.41) is 13.3. The summed E-state index contributed by atoms with van der Waals surface area (Å²) in [5.74, 6) is 2.05. The fourth-order valence-corrected chi connectivity index (χ4v) is 4.24. The molecule has 108 valence electrons. The fourth-order valence-electron chi connectivity index (χ4n) is 4.24. The van der Waals surface area contributed by atoms with E-state index in [0.717, 1.165) is 37.3 Å². The Balaban J connectivity index is 1.66. The van der Waals surface area contributed by atoms with Gasteiger partial charge in [0.1, 0.15) is 6.04 Å². The van der Waals surface area contributed by atoms with E-state index in [1.807, 2.05) is 6.07 Å². The summed E-state index contributed by atoms with van der Waals surface area (Å²) >= 11 is 0. The molecule has 3 aliphatic rings. The minimum atomic E-state index is -0.450. The lowest BCUT2D eigenvalue weighted by Gasteiger charge is -2.46. The Labute approximate surface area is 119 Å². The zero-order valence-corrected chi connectivity index (χ0v) is 11.7. The monoisotopic (exact) mass is 276 g/mol. The Hall–Kier alpha value is -1.26. The average molecular weight is 276 g/mol. The highest BCUT2D eigenvalue weighted by Gasteiger charge is 2.48. The third-order valence-corrected chi connectivity index (χ3v) is 5.28. The normalized spacial score (nSPS) is 35.6. The van der Waals surface area contributed by atoms with Crippen LogP contribution in [0.1, 0.15) is 43.7 Å². The number of quaternary nitrogens is 1. The summed E-state index contributed by atoms with van der Waals surface area (Å²) in [4.78, 5) is 0. The highest BCUT2D eigenvalue weighted by atomic mass is 16.7. The number of aliphatic hydroxyl groups is 1. The molecule has 0 bridgehead atoms. The van der Waals surface area contributed by atoms with E-state index >= 15 is 0 Å². The smallest absolute Gasteiger partial charge is 0.231 e. The molecule has 4 rings (SSSR count). The second kappa shape index (κ2) is 4.64. The lowest BCUT2D eigenvalue weighted by atomic mass is 9.67. The molecule has 2 heterocycles. The van der Waals surface area contributed by atoms with Crippen LogP contribution < -0.4 is 14.8 Å². The van der Waals surface area contributed by atoms with E-state index in [1.54, 1.807) is 0 Å². The molecule has 1 saturated heterocycles. The third kappa shape index (κ3) is 1.90. The van der Waals surface area contributed by atoms with Crippen LogP contribution in [0.2, 0.25) is 0 Å². The number of fused-ring (bicyclic) bond motifs is 2. The molecule has 1 aromatic rings. The van der Waals surface area contributed by atoms with Gasteiger partial charge in [-0.25, -0.2) is 0 Å². The van der Waals surface area contributed by atoms with Crippen molar-refractivity contribution in [3.05, 3.63) is 23.8 Å². The SMILES string of the molecule is O[C@@]12CCCC[C@H]1[C@@H](c1ccc3c(c1)OCO3)[NH2+]CC2. The third-order valence-electron chi connectivity index (χ3n) is 5.28. The molecule has 0 spiro atoms. The van der Waals surface area contributed by atoms with Gasteiger partial charge in [-0.15, -0.1) is 0 Å². The Morgan fingerprint density at radius 1 is 1.15 bits per heavy atom. The van der Waals surface area contributed by atoms with E-state index in [4.69, 9.17) is 9.47 Å². The van der Waals surface area contributed by atoms with Gasteiger partial charge in [-0.1, -0.05) is 12.8 Å². The van der Waals surface area contributed by atoms with Crippen molar-refractivity contribution in [3.8, 4) is 11.5 Å². The van der Waals surface area contributed by atoms with E-state index in [1.165, 1.54) is 18.4 Å². The Kier molecular flexibility index (Phi) is 2.89. The molecule has 4 heteroatoms. The van der Waals surface area contributed by atoms with Gasteiger partial charge in [0.15, 0.2) is 11.5 Å². The molecule has 0 amide bonds. The number of benzene rings is 1. The van der Waals surface area contributed by atoms with Gasteiger partial charge in [0, 0.05) is 17.9 Å². The van der Waals surface area contributed by atoms with Crippen LogP contribution in [0, 0.1) is 5.92 Å². The van der Waals surface area contributed by atoms with Crippen molar-refractivity contribution < 1.29 is 19.9 Å². The minimum Gasteiger partial charge on any atom is -0.454 e. The largest absolute Gasteiger partial charge is 0.454 e. The fraction of sp³-hybridized carbons (Fsp3) is 0.625. The second-order valence-electron chi connectivity index (χ2n) is 6.37. The Morgan fingerprint density at radius 2 is 2.05 bits per heavy atom. The van der Waals surface area contributed by atoms with Crippen molar-refractivity contribution in [3.63, 3.8) is 0 Å². The van der Waals surface area contributed by atoms with Gasteiger partial charge in [-0.05, 0) is 31.0 Å². The average Bonchev–Trinajstić information content (AvgIpc) is 2.93. The molecular weight excluding hydrogens is 254 g/mol. The van der Waals surface area contributed by atoms with Gasteiger partial charge >= 0.3 is 0 Å². The number of hydrogen-bond acceptors (Lipinski definition) is 3. The van der Waals surface area contributed by atoms with Crippen LogP contribution in [0.3, 0.4) is 0 Å². The molecule has 20 heavy (non-hydrogen) atoms. The van der Waals surface area contributed by atoms with Crippen molar-refractivity contribution in [2.45, 2.75) is 43.7 Å². The molecule has 0 unspecified atom stereocenters. The minimum absolute atomic E-state index is 0.320. The van der Waals surface area contributed by atoms with Gasteiger partial charge in [0.25, 0.3) is 0 Å². The molecule has 2 aliphatic heterocycles. The summed E-state index contributed by atoms with van der Waals surface area (Å²) in [6.07, 6.45) is 5.43. The molecular formula is C16H22NO3+. The maximum Gasteiger partial charge on any atom is 0.231 e. The maximum atomic E-state index is 10.9. The standard InChI is InChI=1S/C16H21NO3/c18-16-6-2-1-3-12(16)15(17-8-7-16)11-4-5-13-14(9-11)20-10-19-13/h4-5,9,12,15,17-18H,1-3,6-8,10H2/p+1/t12-,15+,16+/m0/s1. The van der Waals surface area contributed by atoms with Crippen molar-refractivity contribution in [2.24, 2.45) is 5.92 Å². The predicted octanol–water partition coefficient (Wildman–Crippen LogP) is 1.34. The first-order valence-electron chi connectivity index (χ1n) is 7.71. The predicted molar refractivity (Wildman–Crippen MR) is 73.6 cm³/mol. The lowest BCUT2D eigenvalue weighted by Crippen LogP contribution is -2.91.